The molecule has 2 amide bonds. The molecule has 1 aromatic carbocycles. The predicted molar refractivity (Wildman–Crippen MR) is 92.8 cm³/mol. The van der Waals surface area contributed by atoms with Gasteiger partial charge in [-0.2, -0.15) is 0 Å². The Balaban J connectivity index is 1.93. The fraction of sp³-hybridized carbons (Fsp3) is 0.556. The van der Waals surface area contributed by atoms with Gasteiger partial charge in [-0.15, -0.1) is 0 Å². The quantitative estimate of drug-likeness (QED) is 0.668. The smallest absolute Gasteiger partial charge is 0.251 e. The van der Waals surface area contributed by atoms with Gasteiger partial charge in [0.15, 0.2) is 0 Å². The molecule has 0 bridgehead atoms. The number of ether oxygens (including phenoxy) is 1. The molecule has 6 nitrogen and oxygen atoms in total. The molecule has 0 aliphatic heterocycles. The molecule has 0 spiro atoms. The van der Waals surface area contributed by atoms with Crippen molar-refractivity contribution in [2.45, 2.75) is 38.8 Å². The standard InChI is InChI=1S/C18H27N3O3/c1-11(2)16(18(23)20-10-15(19)12-4-5-12)21-17(22)13-6-8-14(24-3)9-7-13/h6-9,11-12,15-16H,4-5,10,19H2,1-3H3,(H,20,23)(H,21,22). The Labute approximate surface area is 143 Å². The first-order valence-corrected chi connectivity index (χ1v) is 8.40. The molecule has 1 saturated carbocycles. The lowest BCUT2D eigenvalue weighted by Crippen LogP contribution is -2.52. The zero-order chi connectivity index (χ0) is 17.7. The Hall–Kier alpha value is -2.08. The van der Waals surface area contributed by atoms with E-state index in [1.54, 1.807) is 31.4 Å². The molecular weight excluding hydrogens is 306 g/mol. The van der Waals surface area contributed by atoms with Crippen LogP contribution in [0, 0.1) is 11.8 Å². The van der Waals surface area contributed by atoms with Gasteiger partial charge in [-0.3, -0.25) is 9.59 Å². The van der Waals surface area contributed by atoms with Crippen molar-refractivity contribution >= 4 is 11.8 Å². The molecule has 132 valence electrons. The second-order valence-corrected chi connectivity index (χ2v) is 6.67. The van der Waals surface area contributed by atoms with Crippen LogP contribution in [-0.4, -0.2) is 37.6 Å². The van der Waals surface area contributed by atoms with Crippen molar-refractivity contribution in [3.63, 3.8) is 0 Å². The summed E-state index contributed by atoms with van der Waals surface area (Å²) in [5.74, 6) is 0.709. The van der Waals surface area contributed by atoms with Crippen LogP contribution in [0.1, 0.15) is 37.0 Å². The molecule has 0 aromatic heterocycles. The van der Waals surface area contributed by atoms with Crippen molar-refractivity contribution in [3.05, 3.63) is 29.8 Å². The Morgan fingerprint density at radius 2 is 1.88 bits per heavy atom. The molecule has 1 fully saturated rings. The van der Waals surface area contributed by atoms with E-state index in [4.69, 9.17) is 10.5 Å². The first kappa shape index (κ1) is 18.3. The molecule has 2 unspecified atom stereocenters. The van der Waals surface area contributed by atoms with Crippen LogP contribution in [0.2, 0.25) is 0 Å². The van der Waals surface area contributed by atoms with Gasteiger partial charge in [-0.1, -0.05) is 13.8 Å². The summed E-state index contributed by atoms with van der Waals surface area (Å²) in [5.41, 5.74) is 6.50. The fourth-order valence-corrected chi connectivity index (χ4v) is 2.52. The zero-order valence-electron chi connectivity index (χ0n) is 14.5. The number of nitrogens with two attached hydrogens (primary N) is 1. The highest BCUT2D eigenvalue weighted by atomic mass is 16.5. The summed E-state index contributed by atoms with van der Waals surface area (Å²) in [6.45, 7) is 4.25. The number of methoxy groups -OCH3 is 1. The minimum Gasteiger partial charge on any atom is -0.497 e. The van der Waals surface area contributed by atoms with Crippen molar-refractivity contribution in [3.8, 4) is 5.75 Å². The van der Waals surface area contributed by atoms with Crippen LogP contribution in [0.4, 0.5) is 0 Å². The van der Waals surface area contributed by atoms with Crippen LogP contribution >= 0.6 is 0 Å². The summed E-state index contributed by atoms with van der Waals surface area (Å²) in [4.78, 5) is 24.8. The number of hydrogen-bond acceptors (Lipinski definition) is 4. The largest absolute Gasteiger partial charge is 0.497 e. The maximum atomic E-state index is 12.4. The molecular formula is C18H27N3O3. The monoisotopic (exact) mass is 333 g/mol. The number of rotatable bonds is 8. The molecule has 1 aliphatic rings. The lowest BCUT2D eigenvalue weighted by Gasteiger charge is -2.23. The van der Waals surface area contributed by atoms with Gasteiger partial charge in [-0.25, -0.2) is 0 Å². The summed E-state index contributed by atoms with van der Waals surface area (Å²) >= 11 is 0. The molecule has 4 N–H and O–H groups in total. The minimum atomic E-state index is -0.592. The van der Waals surface area contributed by atoms with Gasteiger partial charge in [0.25, 0.3) is 5.91 Å². The predicted octanol–water partition coefficient (Wildman–Crippen LogP) is 1.30. The summed E-state index contributed by atoms with van der Waals surface area (Å²) in [6.07, 6.45) is 2.28. The third-order valence-corrected chi connectivity index (χ3v) is 4.33. The molecule has 0 radical (unpaired) electrons. The third kappa shape index (κ3) is 4.96. The van der Waals surface area contributed by atoms with E-state index in [1.807, 2.05) is 13.8 Å². The Morgan fingerprint density at radius 3 is 2.38 bits per heavy atom. The summed E-state index contributed by atoms with van der Waals surface area (Å²) in [6, 6.07) is 6.19. The zero-order valence-corrected chi connectivity index (χ0v) is 14.5. The van der Waals surface area contributed by atoms with E-state index in [2.05, 4.69) is 10.6 Å². The van der Waals surface area contributed by atoms with Crippen LogP contribution in [0.5, 0.6) is 5.75 Å². The summed E-state index contributed by atoms with van der Waals surface area (Å²) < 4.78 is 5.08. The number of amides is 2. The summed E-state index contributed by atoms with van der Waals surface area (Å²) in [7, 11) is 1.57. The molecule has 2 rings (SSSR count). The van der Waals surface area contributed by atoms with Crippen molar-refractivity contribution in [2.24, 2.45) is 17.6 Å². The second kappa shape index (κ2) is 8.15. The lowest BCUT2D eigenvalue weighted by atomic mass is 10.0. The van der Waals surface area contributed by atoms with Crippen molar-refractivity contribution < 1.29 is 14.3 Å². The number of benzene rings is 1. The van der Waals surface area contributed by atoms with Crippen LogP contribution < -0.4 is 21.1 Å². The highest BCUT2D eigenvalue weighted by molar-refractivity contribution is 5.97. The Bertz CT molecular complexity index is 567. The van der Waals surface area contributed by atoms with Gasteiger partial charge in [0.2, 0.25) is 5.91 Å². The van der Waals surface area contributed by atoms with Gasteiger partial charge in [0.1, 0.15) is 11.8 Å². The van der Waals surface area contributed by atoms with E-state index >= 15 is 0 Å². The normalized spacial score (nSPS) is 16.4. The van der Waals surface area contributed by atoms with E-state index in [-0.39, 0.29) is 23.8 Å². The number of nitrogens with one attached hydrogen (secondary N) is 2. The van der Waals surface area contributed by atoms with Gasteiger partial charge >= 0.3 is 0 Å². The average molecular weight is 333 g/mol. The van der Waals surface area contributed by atoms with Crippen molar-refractivity contribution in [2.75, 3.05) is 13.7 Å². The first-order valence-electron chi connectivity index (χ1n) is 8.40. The van der Waals surface area contributed by atoms with Crippen LogP contribution in [0.3, 0.4) is 0 Å². The number of hydrogen-bond donors (Lipinski definition) is 3. The first-order chi connectivity index (χ1) is 11.4. The van der Waals surface area contributed by atoms with Gasteiger partial charge in [0, 0.05) is 18.2 Å². The van der Waals surface area contributed by atoms with Crippen LogP contribution in [0.25, 0.3) is 0 Å². The maximum Gasteiger partial charge on any atom is 0.251 e. The van der Waals surface area contributed by atoms with Gasteiger partial charge in [-0.05, 0) is 48.9 Å². The summed E-state index contributed by atoms with van der Waals surface area (Å²) in [5, 5.41) is 5.67. The van der Waals surface area contributed by atoms with E-state index in [0.717, 1.165) is 12.8 Å². The maximum absolute atomic E-state index is 12.4. The van der Waals surface area contributed by atoms with Crippen molar-refractivity contribution in [1.82, 2.24) is 10.6 Å². The van der Waals surface area contributed by atoms with E-state index in [1.165, 1.54) is 0 Å². The lowest BCUT2D eigenvalue weighted by molar-refractivity contribution is -0.124. The topological polar surface area (TPSA) is 93.4 Å². The molecule has 0 saturated heterocycles. The minimum absolute atomic E-state index is 0.000878. The van der Waals surface area contributed by atoms with Crippen molar-refractivity contribution in [1.29, 1.82) is 0 Å². The molecule has 24 heavy (non-hydrogen) atoms. The van der Waals surface area contributed by atoms with Crippen LogP contribution in [-0.2, 0) is 4.79 Å². The highest BCUT2D eigenvalue weighted by Crippen LogP contribution is 2.31. The molecule has 2 atom stereocenters. The fourth-order valence-electron chi connectivity index (χ4n) is 2.52. The SMILES string of the molecule is COc1ccc(C(=O)NC(C(=O)NCC(N)C2CC2)C(C)C)cc1. The molecule has 0 heterocycles. The van der Waals surface area contributed by atoms with E-state index < -0.39 is 6.04 Å². The van der Waals surface area contributed by atoms with Gasteiger partial charge < -0.3 is 21.1 Å². The second-order valence-electron chi connectivity index (χ2n) is 6.67. The third-order valence-electron chi connectivity index (χ3n) is 4.33. The number of carbonyl (C=O) groups is 2. The Kier molecular flexibility index (Phi) is 6.20. The van der Waals surface area contributed by atoms with E-state index in [0.29, 0.717) is 23.8 Å². The highest BCUT2D eigenvalue weighted by Gasteiger charge is 2.30. The Morgan fingerprint density at radius 1 is 1.25 bits per heavy atom. The number of carbonyl (C=O) groups excluding carboxylic acids is 2. The average Bonchev–Trinajstić information content (AvgIpc) is 3.41. The van der Waals surface area contributed by atoms with E-state index in [9.17, 15) is 9.59 Å². The van der Waals surface area contributed by atoms with Crippen LogP contribution in [0.15, 0.2) is 24.3 Å². The van der Waals surface area contributed by atoms with Gasteiger partial charge in [0.05, 0.1) is 7.11 Å². The molecule has 1 aromatic rings. The molecule has 1 aliphatic carbocycles. The molecule has 6 heteroatoms.